The van der Waals surface area contributed by atoms with Crippen molar-refractivity contribution < 1.29 is 37.9 Å². The lowest BCUT2D eigenvalue weighted by Crippen LogP contribution is -2.19. The summed E-state index contributed by atoms with van der Waals surface area (Å²) in [7, 11) is 4.06. The summed E-state index contributed by atoms with van der Waals surface area (Å²) < 4.78 is 44.1. The van der Waals surface area contributed by atoms with E-state index in [2.05, 4.69) is 11.8 Å². The molecular formula is C31H65NO8. The molecule has 0 heterocycles. The van der Waals surface area contributed by atoms with E-state index >= 15 is 0 Å². The fourth-order valence-electron chi connectivity index (χ4n) is 3.76. The SMILES string of the molecule is CCCCCCCCCCCCCOCCOCCOCCOCCOCCOCCOCCOCCN(C)C. The van der Waals surface area contributed by atoms with Crippen molar-refractivity contribution in [2.45, 2.75) is 77.6 Å². The Morgan fingerprint density at radius 1 is 0.300 bits per heavy atom. The topological polar surface area (TPSA) is 77.1 Å². The number of rotatable bonds is 36. The molecule has 0 unspecified atom stereocenters. The first-order valence-electron chi connectivity index (χ1n) is 16.0. The Balaban J connectivity index is 3.02. The van der Waals surface area contributed by atoms with E-state index in [1.165, 1.54) is 64.2 Å². The van der Waals surface area contributed by atoms with Crippen molar-refractivity contribution >= 4 is 0 Å². The van der Waals surface area contributed by atoms with Crippen LogP contribution in [-0.2, 0) is 37.9 Å². The predicted octanol–water partition coefficient (Wildman–Crippen LogP) is 4.99. The van der Waals surface area contributed by atoms with Gasteiger partial charge in [-0.1, -0.05) is 71.1 Å². The third kappa shape index (κ3) is 37.6. The van der Waals surface area contributed by atoms with Crippen molar-refractivity contribution in [1.29, 1.82) is 0 Å². The zero-order valence-electron chi connectivity index (χ0n) is 26.5. The Morgan fingerprint density at radius 3 is 0.850 bits per heavy atom. The Morgan fingerprint density at radius 2 is 0.550 bits per heavy atom. The van der Waals surface area contributed by atoms with Gasteiger partial charge in [-0.2, -0.15) is 0 Å². The first-order valence-corrected chi connectivity index (χ1v) is 16.0. The number of unbranched alkanes of at least 4 members (excludes halogenated alkanes) is 10. The van der Waals surface area contributed by atoms with Crippen molar-refractivity contribution in [2.24, 2.45) is 0 Å². The molecule has 0 radical (unpaired) electrons. The van der Waals surface area contributed by atoms with Gasteiger partial charge < -0.3 is 42.8 Å². The Kier molecular flexibility index (Phi) is 36.3. The molecule has 0 fully saturated rings. The highest BCUT2D eigenvalue weighted by molar-refractivity contribution is 4.48. The quantitative estimate of drug-likeness (QED) is 0.0954. The average Bonchev–Trinajstić information content (AvgIpc) is 2.95. The minimum absolute atomic E-state index is 0.548. The molecule has 0 aromatic heterocycles. The number of nitrogens with zero attached hydrogens (tertiary/aromatic N) is 1. The summed E-state index contributed by atoms with van der Waals surface area (Å²) in [5, 5.41) is 0. The van der Waals surface area contributed by atoms with Crippen LogP contribution in [0.3, 0.4) is 0 Å². The molecule has 242 valence electrons. The van der Waals surface area contributed by atoms with Crippen LogP contribution in [0.25, 0.3) is 0 Å². The maximum atomic E-state index is 5.65. The first-order chi connectivity index (χ1) is 19.8. The molecule has 0 atom stereocenters. The van der Waals surface area contributed by atoms with Crippen molar-refractivity contribution in [3.63, 3.8) is 0 Å². The molecule has 0 aliphatic rings. The van der Waals surface area contributed by atoms with Crippen molar-refractivity contribution in [3.05, 3.63) is 0 Å². The van der Waals surface area contributed by atoms with Crippen LogP contribution < -0.4 is 0 Å². The highest BCUT2D eigenvalue weighted by Gasteiger charge is 1.97. The molecule has 40 heavy (non-hydrogen) atoms. The van der Waals surface area contributed by atoms with Crippen molar-refractivity contribution in [2.75, 3.05) is 126 Å². The number of likely N-dealkylation sites (N-methyl/N-ethyl adjacent to an activating group) is 1. The third-order valence-corrected chi connectivity index (χ3v) is 6.18. The highest BCUT2D eigenvalue weighted by atomic mass is 16.6. The second-order valence-corrected chi connectivity index (χ2v) is 10.2. The van der Waals surface area contributed by atoms with Crippen LogP contribution >= 0.6 is 0 Å². The van der Waals surface area contributed by atoms with Crippen LogP contribution in [0.1, 0.15) is 77.6 Å². The molecule has 0 rings (SSSR count). The van der Waals surface area contributed by atoms with E-state index < -0.39 is 0 Å². The molecule has 0 N–H and O–H groups in total. The minimum atomic E-state index is 0.548. The first kappa shape index (κ1) is 39.6. The summed E-state index contributed by atoms with van der Waals surface area (Å²) in [6.07, 6.45) is 14.9. The Labute approximate surface area is 246 Å². The lowest BCUT2D eigenvalue weighted by Gasteiger charge is -2.10. The standard InChI is InChI=1S/C31H65NO8/c1-4-5-6-7-8-9-10-11-12-13-14-16-33-18-20-35-22-24-37-26-28-39-30-31-40-29-27-38-25-23-36-21-19-34-17-15-32(2)3/h4-31H2,1-3H3. The molecule has 9 heteroatoms. The van der Waals surface area contributed by atoms with Gasteiger partial charge in [-0.3, -0.25) is 0 Å². The second kappa shape index (κ2) is 36.7. The van der Waals surface area contributed by atoms with Crippen LogP contribution in [0.15, 0.2) is 0 Å². The zero-order valence-corrected chi connectivity index (χ0v) is 26.5. The van der Waals surface area contributed by atoms with Gasteiger partial charge in [0.1, 0.15) is 0 Å². The molecule has 0 saturated heterocycles. The zero-order chi connectivity index (χ0) is 29.0. The average molecular weight is 580 g/mol. The summed E-state index contributed by atoms with van der Waals surface area (Å²) in [5.74, 6) is 0. The van der Waals surface area contributed by atoms with E-state index in [0.717, 1.165) is 26.2 Å². The van der Waals surface area contributed by atoms with E-state index in [1.54, 1.807) is 0 Å². The Hall–Kier alpha value is -0.360. The van der Waals surface area contributed by atoms with Crippen LogP contribution in [0.2, 0.25) is 0 Å². The number of hydrogen-bond donors (Lipinski definition) is 0. The molecule has 0 aromatic rings. The molecule has 9 nitrogen and oxygen atoms in total. The van der Waals surface area contributed by atoms with Crippen LogP contribution in [0, 0.1) is 0 Å². The largest absolute Gasteiger partial charge is 0.379 e. The predicted molar refractivity (Wildman–Crippen MR) is 162 cm³/mol. The van der Waals surface area contributed by atoms with Gasteiger partial charge in [0.05, 0.1) is 99.1 Å². The summed E-state index contributed by atoms with van der Waals surface area (Å²) in [4.78, 5) is 2.09. The molecule has 0 bridgehead atoms. The summed E-state index contributed by atoms with van der Waals surface area (Å²) in [6, 6.07) is 0. The van der Waals surface area contributed by atoms with Gasteiger partial charge in [0, 0.05) is 13.2 Å². The maximum absolute atomic E-state index is 5.65. The van der Waals surface area contributed by atoms with E-state index in [4.69, 9.17) is 37.9 Å². The van der Waals surface area contributed by atoms with Crippen molar-refractivity contribution in [1.82, 2.24) is 4.90 Å². The Bertz CT molecular complexity index is 446. The molecule has 0 aliphatic carbocycles. The normalized spacial score (nSPS) is 11.7. The summed E-state index contributed by atoms with van der Waals surface area (Å²) in [5.41, 5.74) is 0. The number of ether oxygens (including phenoxy) is 8. The van der Waals surface area contributed by atoms with E-state index in [-0.39, 0.29) is 0 Å². The number of hydrogen-bond acceptors (Lipinski definition) is 9. The monoisotopic (exact) mass is 579 g/mol. The van der Waals surface area contributed by atoms with Crippen LogP contribution in [-0.4, -0.2) is 131 Å². The van der Waals surface area contributed by atoms with Gasteiger partial charge in [-0.05, 0) is 20.5 Å². The minimum Gasteiger partial charge on any atom is -0.379 e. The van der Waals surface area contributed by atoms with Crippen LogP contribution in [0.4, 0.5) is 0 Å². The molecule has 0 aromatic carbocycles. The summed E-state index contributed by atoms with van der Waals surface area (Å²) >= 11 is 0. The molecule has 0 saturated carbocycles. The van der Waals surface area contributed by atoms with Crippen molar-refractivity contribution in [3.8, 4) is 0 Å². The van der Waals surface area contributed by atoms with Gasteiger partial charge in [-0.25, -0.2) is 0 Å². The highest BCUT2D eigenvalue weighted by Crippen LogP contribution is 2.11. The van der Waals surface area contributed by atoms with Crippen LogP contribution in [0.5, 0.6) is 0 Å². The fourth-order valence-corrected chi connectivity index (χ4v) is 3.76. The lowest BCUT2D eigenvalue weighted by atomic mass is 10.1. The van der Waals surface area contributed by atoms with Gasteiger partial charge in [0.2, 0.25) is 0 Å². The van der Waals surface area contributed by atoms with E-state index in [0.29, 0.717) is 92.5 Å². The molecule has 0 spiro atoms. The fraction of sp³-hybridized carbons (Fsp3) is 1.00. The van der Waals surface area contributed by atoms with Gasteiger partial charge >= 0.3 is 0 Å². The van der Waals surface area contributed by atoms with E-state index in [9.17, 15) is 0 Å². The maximum Gasteiger partial charge on any atom is 0.0701 e. The van der Waals surface area contributed by atoms with Gasteiger partial charge in [-0.15, -0.1) is 0 Å². The molecule has 0 aliphatic heterocycles. The molecular weight excluding hydrogens is 514 g/mol. The summed E-state index contributed by atoms with van der Waals surface area (Å²) in [6.45, 7) is 12.9. The van der Waals surface area contributed by atoms with Gasteiger partial charge in [0.25, 0.3) is 0 Å². The van der Waals surface area contributed by atoms with E-state index in [1.807, 2.05) is 14.1 Å². The molecule has 0 amide bonds. The third-order valence-electron chi connectivity index (χ3n) is 6.18. The smallest absolute Gasteiger partial charge is 0.0701 e. The second-order valence-electron chi connectivity index (χ2n) is 10.2. The van der Waals surface area contributed by atoms with Gasteiger partial charge in [0.15, 0.2) is 0 Å². The lowest BCUT2D eigenvalue weighted by molar-refractivity contribution is -0.0233.